The van der Waals surface area contributed by atoms with Crippen molar-refractivity contribution in [3.05, 3.63) is 59.7 Å². The van der Waals surface area contributed by atoms with Crippen molar-refractivity contribution in [3.63, 3.8) is 0 Å². The molecule has 0 spiro atoms. The molecule has 1 unspecified atom stereocenters. The zero-order chi connectivity index (χ0) is 19.9. The second kappa shape index (κ2) is 9.37. The number of methoxy groups -OCH3 is 1. The number of benzene rings is 2. The van der Waals surface area contributed by atoms with Crippen molar-refractivity contribution in [2.75, 3.05) is 18.6 Å². The van der Waals surface area contributed by atoms with Gasteiger partial charge in [0.25, 0.3) is 0 Å². The fraction of sp³-hybridized carbons (Fsp3) is 0.364. The zero-order valence-corrected chi connectivity index (χ0v) is 16.3. The number of hydrogen-bond acceptors (Lipinski definition) is 4. The van der Waals surface area contributed by atoms with E-state index in [1.54, 1.807) is 18.9 Å². The first-order valence-electron chi connectivity index (χ1n) is 9.48. The summed E-state index contributed by atoms with van der Waals surface area (Å²) in [4.78, 5) is 25.9. The summed E-state index contributed by atoms with van der Waals surface area (Å²) in [6.07, 6.45) is 0.961. The topological polar surface area (TPSA) is 67.9 Å². The van der Waals surface area contributed by atoms with Gasteiger partial charge in [-0.25, -0.2) is 0 Å². The van der Waals surface area contributed by atoms with E-state index in [1.807, 2.05) is 48.5 Å². The lowest BCUT2D eigenvalue weighted by Gasteiger charge is -2.16. The fourth-order valence-electron chi connectivity index (χ4n) is 3.11. The maximum absolute atomic E-state index is 12.3. The van der Waals surface area contributed by atoms with Gasteiger partial charge in [0.15, 0.2) is 0 Å². The van der Waals surface area contributed by atoms with Gasteiger partial charge in [0.05, 0.1) is 13.7 Å². The van der Waals surface area contributed by atoms with Gasteiger partial charge in [-0.3, -0.25) is 9.59 Å². The lowest BCUT2D eigenvalue weighted by atomic mass is 10.2. The van der Waals surface area contributed by atoms with E-state index in [1.165, 1.54) is 0 Å². The molecule has 2 amide bonds. The number of ether oxygens (including phenoxy) is 2. The molecule has 0 bridgehead atoms. The van der Waals surface area contributed by atoms with E-state index in [9.17, 15) is 9.59 Å². The second-order valence-corrected chi connectivity index (χ2v) is 6.84. The molecule has 1 N–H and O–H groups in total. The Balaban J connectivity index is 1.45. The van der Waals surface area contributed by atoms with Crippen LogP contribution in [-0.2, 0) is 27.5 Å². The standard InChI is InChI=1S/C22H26N2O4/c1-16(28-15-18-5-3-6-20(13-18)27-2)22(26)23-14-17-8-10-19(11-9-17)24-12-4-7-21(24)25/h3,5-6,8-11,13,16H,4,7,12,14-15H2,1-2H3,(H,23,26). The first-order valence-corrected chi connectivity index (χ1v) is 9.48. The molecule has 0 saturated carbocycles. The second-order valence-electron chi connectivity index (χ2n) is 6.84. The normalized spacial score (nSPS) is 14.8. The average Bonchev–Trinajstić information content (AvgIpc) is 3.16. The summed E-state index contributed by atoms with van der Waals surface area (Å²) in [6.45, 7) is 3.26. The van der Waals surface area contributed by atoms with E-state index in [2.05, 4.69) is 5.32 Å². The van der Waals surface area contributed by atoms with Crippen LogP contribution in [0.3, 0.4) is 0 Å². The fourth-order valence-corrected chi connectivity index (χ4v) is 3.11. The van der Waals surface area contributed by atoms with E-state index < -0.39 is 6.10 Å². The van der Waals surface area contributed by atoms with E-state index in [0.29, 0.717) is 19.6 Å². The number of nitrogens with zero attached hydrogens (tertiary/aromatic N) is 1. The molecule has 0 radical (unpaired) electrons. The summed E-state index contributed by atoms with van der Waals surface area (Å²) in [5, 5.41) is 2.89. The predicted octanol–water partition coefficient (Wildman–Crippen LogP) is 3.04. The maximum atomic E-state index is 12.3. The van der Waals surface area contributed by atoms with Crippen molar-refractivity contribution in [2.45, 2.75) is 39.0 Å². The lowest BCUT2D eigenvalue weighted by molar-refractivity contribution is -0.132. The van der Waals surface area contributed by atoms with E-state index in [0.717, 1.165) is 35.5 Å². The number of hydrogen-bond donors (Lipinski definition) is 1. The average molecular weight is 382 g/mol. The number of carbonyl (C=O) groups excluding carboxylic acids is 2. The number of nitrogens with one attached hydrogen (secondary N) is 1. The van der Waals surface area contributed by atoms with Gasteiger partial charge in [0.1, 0.15) is 11.9 Å². The van der Waals surface area contributed by atoms with Crippen molar-refractivity contribution in [3.8, 4) is 5.75 Å². The van der Waals surface area contributed by atoms with Crippen LogP contribution in [0.15, 0.2) is 48.5 Å². The highest BCUT2D eigenvalue weighted by atomic mass is 16.5. The van der Waals surface area contributed by atoms with Crippen LogP contribution in [0.2, 0.25) is 0 Å². The SMILES string of the molecule is COc1cccc(COC(C)C(=O)NCc2ccc(N3CCCC3=O)cc2)c1. The Labute approximate surface area is 165 Å². The smallest absolute Gasteiger partial charge is 0.249 e. The Hall–Kier alpha value is -2.86. The van der Waals surface area contributed by atoms with E-state index in [4.69, 9.17) is 9.47 Å². The molecule has 1 aliphatic rings. The van der Waals surface area contributed by atoms with Crippen LogP contribution in [0.5, 0.6) is 5.75 Å². The summed E-state index contributed by atoms with van der Waals surface area (Å²) in [7, 11) is 1.62. The molecular formula is C22H26N2O4. The third-order valence-electron chi connectivity index (χ3n) is 4.79. The highest BCUT2D eigenvalue weighted by molar-refractivity contribution is 5.95. The van der Waals surface area contributed by atoms with Gasteiger partial charge in [0, 0.05) is 25.2 Å². The molecular weight excluding hydrogens is 356 g/mol. The molecule has 1 saturated heterocycles. The van der Waals surface area contributed by atoms with Crippen LogP contribution in [-0.4, -0.2) is 31.6 Å². The number of carbonyl (C=O) groups is 2. The molecule has 1 atom stereocenters. The number of amides is 2. The molecule has 1 aliphatic heterocycles. The number of rotatable bonds is 8. The quantitative estimate of drug-likeness (QED) is 0.762. The molecule has 2 aromatic rings. The molecule has 3 rings (SSSR count). The highest BCUT2D eigenvalue weighted by Gasteiger charge is 2.21. The Morgan fingerprint density at radius 1 is 1.18 bits per heavy atom. The van der Waals surface area contributed by atoms with Gasteiger partial charge in [0.2, 0.25) is 11.8 Å². The summed E-state index contributed by atoms with van der Waals surface area (Å²) in [6, 6.07) is 15.3. The highest BCUT2D eigenvalue weighted by Crippen LogP contribution is 2.21. The molecule has 0 aliphatic carbocycles. The summed E-state index contributed by atoms with van der Waals surface area (Å²) in [5.74, 6) is 0.766. The van der Waals surface area contributed by atoms with Crippen molar-refractivity contribution in [1.29, 1.82) is 0 Å². The minimum Gasteiger partial charge on any atom is -0.497 e. The van der Waals surface area contributed by atoms with Crippen LogP contribution in [0.4, 0.5) is 5.69 Å². The van der Waals surface area contributed by atoms with E-state index >= 15 is 0 Å². The van der Waals surface area contributed by atoms with Gasteiger partial charge in [-0.05, 0) is 48.7 Å². The number of anilines is 1. The van der Waals surface area contributed by atoms with Crippen molar-refractivity contribution < 1.29 is 19.1 Å². The zero-order valence-electron chi connectivity index (χ0n) is 16.3. The minimum absolute atomic E-state index is 0.165. The summed E-state index contributed by atoms with van der Waals surface area (Å²) in [5.41, 5.74) is 2.84. The van der Waals surface area contributed by atoms with Crippen molar-refractivity contribution in [1.82, 2.24) is 5.32 Å². The molecule has 28 heavy (non-hydrogen) atoms. The van der Waals surface area contributed by atoms with Gasteiger partial charge in [-0.15, -0.1) is 0 Å². The van der Waals surface area contributed by atoms with Gasteiger partial charge in [-0.2, -0.15) is 0 Å². The van der Waals surface area contributed by atoms with Gasteiger partial charge >= 0.3 is 0 Å². The van der Waals surface area contributed by atoms with Crippen molar-refractivity contribution in [2.24, 2.45) is 0 Å². The Kier molecular flexibility index (Phi) is 6.66. The van der Waals surface area contributed by atoms with Crippen LogP contribution >= 0.6 is 0 Å². The third-order valence-corrected chi connectivity index (χ3v) is 4.79. The Morgan fingerprint density at radius 3 is 2.64 bits per heavy atom. The molecule has 0 aromatic heterocycles. The molecule has 2 aromatic carbocycles. The van der Waals surface area contributed by atoms with E-state index in [-0.39, 0.29) is 11.8 Å². The van der Waals surface area contributed by atoms with Gasteiger partial charge < -0.3 is 19.7 Å². The largest absolute Gasteiger partial charge is 0.497 e. The molecule has 1 heterocycles. The minimum atomic E-state index is -0.562. The Morgan fingerprint density at radius 2 is 1.96 bits per heavy atom. The van der Waals surface area contributed by atoms with Crippen LogP contribution in [0.25, 0.3) is 0 Å². The molecule has 6 nitrogen and oxygen atoms in total. The van der Waals surface area contributed by atoms with Crippen LogP contribution in [0.1, 0.15) is 30.9 Å². The molecule has 1 fully saturated rings. The van der Waals surface area contributed by atoms with Crippen molar-refractivity contribution >= 4 is 17.5 Å². The third kappa shape index (κ3) is 5.10. The van der Waals surface area contributed by atoms with Gasteiger partial charge in [-0.1, -0.05) is 24.3 Å². The predicted molar refractivity (Wildman–Crippen MR) is 107 cm³/mol. The van der Waals surface area contributed by atoms with Crippen LogP contribution < -0.4 is 15.0 Å². The first kappa shape index (κ1) is 19.9. The monoisotopic (exact) mass is 382 g/mol. The first-order chi connectivity index (χ1) is 13.6. The summed E-state index contributed by atoms with van der Waals surface area (Å²) >= 11 is 0. The molecule has 6 heteroatoms. The molecule has 148 valence electrons. The summed E-state index contributed by atoms with van der Waals surface area (Å²) < 4.78 is 10.9. The maximum Gasteiger partial charge on any atom is 0.249 e. The Bertz CT molecular complexity index is 820. The lowest BCUT2D eigenvalue weighted by Crippen LogP contribution is -2.34. The van der Waals surface area contributed by atoms with Crippen LogP contribution in [0, 0.1) is 0 Å².